The minimum absolute atomic E-state index is 0.0184. The lowest BCUT2D eigenvalue weighted by atomic mass is 10.0. The molecule has 1 aromatic carbocycles. The third kappa shape index (κ3) is 5.16. The van der Waals surface area contributed by atoms with E-state index in [0.717, 1.165) is 17.7 Å². The number of amides is 1. The normalized spacial score (nSPS) is 16.6. The van der Waals surface area contributed by atoms with Crippen molar-refractivity contribution in [1.29, 1.82) is 5.41 Å². The number of piperidine rings is 1. The minimum atomic E-state index is -0.111. The number of carbonyl (C=O) groups excluding carboxylic acids is 1. The number of ether oxygens (including phenoxy) is 2. The Kier molecular flexibility index (Phi) is 6.93. The molecule has 1 fully saturated rings. The second kappa shape index (κ2) is 10.0. The maximum Gasteiger partial charge on any atom is 0.259 e. The number of hydrogen-bond acceptors (Lipinski definition) is 7. The number of methoxy groups -OCH3 is 1. The van der Waals surface area contributed by atoms with Crippen LogP contribution in [-0.2, 0) is 11.2 Å². The lowest BCUT2D eigenvalue weighted by molar-refractivity contribution is 0.0966. The van der Waals surface area contributed by atoms with Gasteiger partial charge in [0.1, 0.15) is 11.6 Å². The quantitative estimate of drug-likeness (QED) is 0.428. The van der Waals surface area contributed by atoms with Gasteiger partial charge in [0.15, 0.2) is 5.96 Å². The molecule has 0 bridgehead atoms. The molecule has 2 aliphatic rings. The maximum absolute atomic E-state index is 13.8. The lowest BCUT2D eigenvalue weighted by Crippen LogP contribution is -2.50. The van der Waals surface area contributed by atoms with Gasteiger partial charge in [-0.15, -0.1) is 0 Å². The number of guanidine groups is 1. The lowest BCUT2D eigenvalue weighted by Gasteiger charge is -2.38. The van der Waals surface area contributed by atoms with Crippen LogP contribution < -0.4 is 20.7 Å². The fraction of sp³-hybridized carbons (Fsp3) is 0.478. The van der Waals surface area contributed by atoms with Crippen molar-refractivity contribution in [3.63, 3.8) is 0 Å². The second-order valence-corrected chi connectivity index (χ2v) is 8.44. The molecule has 10 heteroatoms. The van der Waals surface area contributed by atoms with E-state index in [1.807, 2.05) is 30.0 Å². The van der Waals surface area contributed by atoms with Gasteiger partial charge in [0.05, 0.1) is 13.2 Å². The second-order valence-electron chi connectivity index (χ2n) is 8.44. The summed E-state index contributed by atoms with van der Waals surface area (Å²) in [5.74, 6) is 1.78. The number of nitrogens with two attached hydrogens (primary N) is 1. The number of hydrogen-bond donors (Lipinski definition) is 3. The molecule has 0 saturated carbocycles. The molecule has 0 aliphatic carbocycles. The Morgan fingerprint density at radius 2 is 2.18 bits per heavy atom. The molecular weight excluding hydrogens is 422 g/mol. The summed E-state index contributed by atoms with van der Waals surface area (Å²) in [4.78, 5) is 26.4. The minimum Gasteiger partial charge on any atom is -0.493 e. The van der Waals surface area contributed by atoms with Crippen LogP contribution in [-0.4, -0.2) is 72.2 Å². The summed E-state index contributed by atoms with van der Waals surface area (Å²) < 4.78 is 10.8. The zero-order chi connectivity index (χ0) is 23.4. The number of rotatable bonds is 7. The van der Waals surface area contributed by atoms with Crippen molar-refractivity contribution in [2.24, 2.45) is 5.73 Å². The van der Waals surface area contributed by atoms with Gasteiger partial charge in [-0.1, -0.05) is 0 Å². The van der Waals surface area contributed by atoms with E-state index in [4.69, 9.17) is 20.6 Å². The highest BCUT2D eigenvalue weighted by Crippen LogP contribution is 2.29. The first-order chi connectivity index (χ1) is 16.0. The summed E-state index contributed by atoms with van der Waals surface area (Å²) in [7, 11) is 1.64. The Morgan fingerprint density at radius 3 is 2.91 bits per heavy atom. The van der Waals surface area contributed by atoms with Gasteiger partial charge in [-0.3, -0.25) is 15.1 Å². The smallest absolute Gasteiger partial charge is 0.259 e. The van der Waals surface area contributed by atoms with E-state index in [2.05, 4.69) is 15.3 Å². The number of aromatic nitrogens is 2. The first-order valence-electron chi connectivity index (χ1n) is 11.2. The first-order valence-corrected chi connectivity index (χ1v) is 11.2. The van der Waals surface area contributed by atoms with Gasteiger partial charge in [0.2, 0.25) is 5.95 Å². The Hall–Kier alpha value is -3.40. The number of benzene rings is 1. The largest absolute Gasteiger partial charge is 0.493 e. The van der Waals surface area contributed by atoms with Crippen molar-refractivity contribution in [2.45, 2.75) is 38.3 Å². The van der Waals surface area contributed by atoms with Gasteiger partial charge in [-0.2, -0.15) is 4.98 Å². The monoisotopic (exact) mass is 453 g/mol. The topological polar surface area (TPSA) is 130 Å². The highest BCUT2D eigenvalue weighted by molar-refractivity contribution is 6.06. The molecule has 4 N–H and O–H groups in total. The molecule has 1 amide bonds. The van der Waals surface area contributed by atoms with Crippen LogP contribution in [0.2, 0.25) is 0 Å². The number of nitrogens with one attached hydrogen (secondary N) is 2. The highest BCUT2D eigenvalue weighted by Gasteiger charge is 2.32. The summed E-state index contributed by atoms with van der Waals surface area (Å²) in [6.07, 6.45) is 3.83. The Bertz CT molecular complexity index is 1010. The Balaban J connectivity index is 1.63. The van der Waals surface area contributed by atoms with Crippen molar-refractivity contribution in [3.8, 4) is 5.75 Å². The fourth-order valence-corrected chi connectivity index (χ4v) is 4.35. The SMILES string of the molecule is COCC(C)Nc1nccc(N(C(=O)c2ccc3c(c2)CCO3)C2CCN(C(=N)N)CC2)n1. The predicted octanol–water partition coefficient (Wildman–Crippen LogP) is 1.86. The number of fused-ring (bicyclic) bond motifs is 1. The van der Waals surface area contributed by atoms with E-state index < -0.39 is 0 Å². The highest BCUT2D eigenvalue weighted by atomic mass is 16.5. The van der Waals surface area contributed by atoms with E-state index in [0.29, 0.717) is 56.5 Å². The first kappa shape index (κ1) is 22.8. The molecule has 3 heterocycles. The number of nitrogens with zero attached hydrogens (tertiary/aromatic N) is 4. The molecule has 1 saturated heterocycles. The van der Waals surface area contributed by atoms with Crippen molar-refractivity contribution in [2.75, 3.05) is 43.6 Å². The van der Waals surface area contributed by atoms with Crippen LogP contribution in [0.4, 0.5) is 11.8 Å². The molecule has 0 spiro atoms. The van der Waals surface area contributed by atoms with Crippen molar-refractivity contribution < 1.29 is 14.3 Å². The molecule has 1 unspecified atom stereocenters. The van der Waals surface area contributed by atoms with Gasteiger partial charge in [-0.05, 0) is 49.6 Å². The van der Waals surface area contributed by atoms with Gasteiger partial charge in [-0.25, -0.2) is 4.98 Å². The van der Waals surface area contributed by atoms with Crippen LogP contribution >= 0.6 is 0 Å². The molecule has 1 aromatic heterocycles. The summed E-state index contributed by atoms with van der Waals surface area (Å²) in [6.45, 7) is 4.36. The fourth-order valence-electron chi connectivity index (χ4n) is 4.35. The Morgan fingerprint density at radius 1 is 1.39 bits per heavy atom. The van der Waals surface area contributed by atoms with Crippen LogP contribution in [0.5, 0.6) is 5.75 Å². The van der Waals surface area contributed by atoms with Crippen molar-refractivity contribution in [1.82, 2.24) is 14.9 Å². The van der Waals surface area contributed by atoms with Crippen LogP contribution in [0, 0.1) is 5.41 Å². The molecule has 4 rings (SSSR count). The van der Waals surface area contributed by atoms with Gasteiger partial charge < -0.3 is 25.4 Å². The van der Waals surface area contributed by atoms with E-state index in [-0.39, 0.29) is 24.0 Å². The average Bonchev–Trinajstić information content (AvgIpc) is 3.28. The molecule has 176 valence electrons. The van der Waals surface area contributed by atoms with Gasteiger partial charge in [0, 0.05) is 50.5 Å². The van der Waals surface area contributed by atoms with Crippen molar-refractivity contribution >= 4 is 23.6 Å². The number of carbonyl (C=O) groups is 1. The van der Waals surface area contributed by atoms with E-state index in [1.54, 1.807) is 24.3 Å². The number of likely N-dealkylation sites (tertiary alicyclic amines) is 1. The molecule has 10 nitrogen and oxygen atoms in total. The zero-order valence-electron chi connectivity index (χ0n) is 19.1. The van der Waals surface area contributed by atoms with Gasteiger partial charge in [0.25, 0.3) is 5.91 Å². The summed E-state index contributed by atoms with van der Waals surface area (Å²) in [6, 6.07) is 7.31. The third-order valence-electron chi connectivity index (χ3n) is 6.01. The molecule has 2 aromatic rings. The van der Waals surface area contributed by atoms with E-state index >= 15 is 0 Å². The number of anilines is 2. The molecule has 33 heavy (non-hydrogen) atoms. The summed E-state index contributed by atoms with van der Waals surface area (Å²) in [5, 5.41) is 10.9. The van der Waals surface area contributed by atoms with Crippen LogP contribution in [0.1, 0.15) is 35.7 Å². The van der Waals surface area contributed by atoms with E-state index in [9.17, 15) is 4.79 Å². The van der Waals surface area contributed by atoms with Crippen molar-refractivity contribution in [3.05, 3.63) is 41.6 Å². The summed E-state index contributed by atoms with van der Waals surface area (Å²) in [5.41, 5.74) is 7.32. The molecule has 2 aliphatic heterocycles. The van der Waals surface area contributed by atoms with Crippen LogP contribution in [0.25, 0.3) is 0 Å². The van der Waals surface area contributed by atoms with E-state index in [1.165, 1.54) is 0 Å². The molecule has 1 atom stereocenters. The Labute approximate surface area is 193 Å². The maximum atomic E-state index is 13.8. The standard InChI is InChI=1S/C23H31N7O3/c1-15(14-32-2)27-23-26-9-5-20(28-23)30(18-6-10-29(11-7-18)22(24)25)21(31)17-3-4-19-16(13-17)8-12-33-19/h3-5,9,13,15,18H,6-8,10-12,14H2,1-2H3,(H3,24,25)(H,26,27,28). The third-order valence-corrected chi connectivity index (χ3v) is 6.01. The predicted molar refractivity (Wildman–Crippen MR) is 126 cm³/mol. The average molecular weight is 454 g/mol. The summed E-state index contributed by atoms with van der Waals surface area (Å²) >= 11 is 0. The molecule has 0 radical (unpaired) electrons. The van der Waals surface area contributed by atoms with Crippen LogP contribution in [0.15, 0.2) is 30.5 Å². The van der Waals surface area contributed by atoms with Gasteiger partial charge >= 0.3 is 0 Å². The zero-order valence-corrected chi connectivity index (χ0v) is 19.1. The molecular formula is C23H31N7O3. The van der Waals surface area contributed by atoms with Crippen LogP contribution in [0.3, 0.4) is 0 Å².